The van der Waals surface area contributed by atoms with Gasteiger partial charge in [0.25, 0.3) is 10.1 Å². The van der Waals surface area contributed by atoms with Gasteiger partial charge in [-0.25, -0.2) is 0 Å². The van der Waals surface area contributed by atoms with Crippen molar-refractivity contribution < 1.29 is 17.7 Å². The van der Waals surface area contributed by atoms with Gasteiger partial charge in [0.2, 0.25) is 0 Å². The molecule has 0 heterocycles. The van der Waals surface area contributed by atoms with Gasteiger partial charge in [0, 0.05) is 0 Å². The summed E-state index contributed by atoms with van der Waals surface area (Å²) in [4.78, 5) is 0. The number of aliphatic hydroxyl groups is 1. The van der Waals surface area contributed by atoms with Crippen LogP contribution >= 0.6 is 0 Å². The molecule has 0 rings (SSSR count). The average Bonchev–Trinajstić information content (AvgIpc) is 1.59. The van der Waals surface area contributed by atoms with Crippen LogP contribution < -0.4 is 0 Å². The highest BCUT2D eigenvalue weighted by Gasteiger charge is 2.11. The average molecular weight is 168 g/mol. The minimum Gasteiger partial charge on any atom is -0.395 e. The van der Waals surface area contributed by atoms with E-state index in [0.29, 0.717) is 0 Å². The first-order chi connectivity index (χ1) is 4.48. The highest BCUT2D eigenvalue weighted by Crippen LogP contribution is 1.97. The SMILES string of the molecule is CC(C)OS(=O)(=O)CCO. The summed E-state index contributed by atoms with van der Waals surface area (Å²) in [5.41, 5.74) is 0. The lowest BCUT2D eigenvalue weighted by Gasteiger charge is -2.05. The van der Waals surface area contributed by atoms with E-state index in [1.54, 1.807) is 13.8 Å². The maximum absolute atomic E-state index is 10.7. The highest BCUT2D eigenvalue weighted by atomic mass is 32.2. The van der Waals surface area contributed by atoms with Crippen LogP contribution in [0.5, 0.6) is 0 Å². The van der Waals surface area contributed by atoms with Crippen LogP contribution in [-0.4, -0.2) is 32.0 Å². The second kappa shape index (κ2) is 3.90. The first kappa shape index (κ1) is 9.87. The fourth-order valence-electron chi connectivity index (χ4n) is 0.453. The third-order valence-corrected chi connectivity index (χ3v) is 2.04. The monoisotopic (exact) mass is 168 g/mol. The second-order valence-electron chi connectivity index (χ2n) is 2.13. The first-order valence-electron chi connectivity index (χ1n) is 3.00. The largest absolute Gasteiger partial charge is 0.395 e. The normalized spacial score (nSPS) is 12.4. The van der Waals surface area contributed by atoms with Gasteiger partial charge in [-0.3, -0.25) is 4.18 Å². The van der Waals surface area contributed by atoms with Gasteiger partial charge in [-0.1, -0.05) is 0 Å². The second-order valence-corrected chi connectivity index (χ2v) is 3.85. The number of hydrogen-bond acceptors (Lipinski definition) is 4. The van der Waals surface area contributed by atoms with E-state index >= 15 is 0 Å². The van der Waals surface area contributed by atoms with Gasteiger partial charge in [0.15, 0.2) is 0 Å². The van der Waals surface area contributed by atoms with E-state index in [-0.39, 0.29) is 11.9 Å². The molecule has 0 saturated heterocycles. The van der Waals surface area contributed by atoms with Crippen LogP contribution in [0, 0.1) is 0 Å². The van der Waals surface area contributed by atoms with Gasteiger partial charge < -0.3 is 5.11 Å². The maximum atomic E-state index is 10.7. The Morgan fingerprint density at radius 1 is 1.50 bits per heavy atom. The van der Waals surface area contributed by atoms with Gasteiger partial charge in [-0.2, -0.15) is 8.42 Å². The van der Waals surface area contributed by atoms with Crippen molar-refractivity contribution in [2.24, 2.45) is 0 Å². The molecule has 0 atom stereocenters. The Kier molecular flexibility index (Phi) is 3.85. The van der Waals surface area contributed by atoms with E-state index in [2.05, 4.69) is 4.18 Å². The molecule has 0 aliphatic rings. The van der Waals surface area contributed by atoms with Crippen molar-refractivity contribution in [2.45, 2.75) is 20.0 Å². The molecule has 0 aliphatic heterocycles. The zero-order valence-electron chi connectivity index (χ0n) is 6.07. The third kappa shape index (κ3) is 4.72. The lowest BCUT2D eigenvalue weighted by atomic mass is 10.5. The molecule has 1 N–H and O–H groups in total. The molecule has 0 unspecified atom stereocenters. The minimum atomic E-state index is -3.48. The zero-order valence-corrected chi connectivity index (χ0v) is 6.89. The number of rotatable bonds is 4. The Labute approximate surface area is 60.9 Å². The minimum absolute atomic E-state index is 0.328. The molecule has 0 aliphatic carbocycles. The van der Waals surface area contributed by atoms with E-state index in [1.165, 1.54) is 0 Å². The molecule has 0 bridgehead atoms. The molecular formula is C5H12O4S. The van der Waals surface area contributed by atoms with Crippen LogP contribution in [0.25, 0.3) is 0 Å². The van der Waals surface area contributed by atoms with E-state index in [0.717, 1.165) is 0 Å². The molecule has 0 fully saturated rings. The summed E-state index contributed by atoms with van der Waals surface area (Å²) in [6.07, 6.45) is -0.350. The Morgan fingerprint density at radius 3 is 2.30 bits per heavy atom. The molecule has 0 amide bonds. The van der Waals surface area contributed by atoms with Gasteiger partial charge >= 0.3 is 0 Å². The highest BCUT2D eigenvalue weighted by molar-refractivity contribution is 7.86. The molecular weight excluding hydrogens is 156 g/mol. The summed E-state index contributed by atoms with van der Waals surface area (Å²) in [6, 6.07) is 0. The number of hydrogen-bond donors (Lipinski definition) is 1. The van der Waals surface area contributed by atoms with Crippen LogP contribution in [0.3, 0.4) is 0 Å². The van der Waals surface area contributed by atoms with Gasteiger partial charge in [0.1, 0.15) is 0 Å². The predicted octanol–water partition coefficient (Wildman–Crippen LogP) is -0.266. The Balaban J connectivity index is 3.89. The number of aliphatic hydroxyl groups excluding tert-OH is 1. The molecule has 0 radical (unpaired) electrons. The fourth-order valence-corrected chi connectivity index (χ4v) is 1.36. The van der Waals surface area contributed by atoms with Crippen LogP contribution in [0.1, 0.15) is 13.8 Å². The Bertz CT molecular complexity index is 170. The van der Waals surface area contributed by atoms with E-state index < -0.39 is 16.7 Å². The summed E-state index contributed by atoms with van der Waals surface area (Å²) >= 11 is 0. The van der Waals surface area contributed by atoms with Crippen molar-refractivity contribution in [3.8, 4) is 0 Å². The Morgan fingerprint density at radius 2 is 2.00 bits per heavy atom. The lowest BCUT2D eigenvalue weighted by molar-refractivity contribution is 0.241. The van der Waals surface area contributed by atoms with Crippen molar-refractivity contribution in [1.29, 1.82) is 0 Å². The van der Waals surface area contributed by atoms with Gasteiger partial charge in [-0.05, 0) is 13.8 Å². The Hall–Kier alpha value is -0.130. The van der Waals surface area contributed by atoms with Crippen molar-refractivity contribution in [2.75, 3.05) is 12.4 Å². The third-order valence-electron chi connectivity index (χ3n) is 0.680. The quantitative estimate of drug-likeness (QED) is 0.587. The molecule has 0 aromatic heterocycles. The van der Waals surface area contributed by atoms with Crippen LogP contribution in [-0.2, 0) is 14.3 Å². The first-order valence-corrected chi connectivity index (χ1v) is 4.57. The van der Waals surface area contributed by atoms with Gasteiger partial charge in [0.05, 0.1) is 18.5 Å². The maximum Gasteiger partial charge on any atom is 0.269 e. The molecule has 4 nitrogen and oxygen atoms in total. The summed E-state index contributed by atoms with van der Waals surface area (Å²) in [5.74, 6) is -0.328. The van der Waals surface area contributed by atoms with Crippen molar-refractivity contribution in [3.63, 3.8) is 0 Å². The molecule has 0 aromatic rings. The summed E-state index contributed by atoms with van der Waals surface area (Å²) in [5, 5.41) is 8.26. The fraction of sp³-hybridized carbons (Fsp3) is 1.00. The predicted molar refractivity (Wildman–Crippen MR) is 37.1 cm³/mol. The van der Waals surface area contributed by atoms with Crippen LogP contribution in [0.15, 0.2) is 0 Å². The smallest absolute Gasteiger partial charge is 0.269 e. The van der Waals surface area contributed by atoms with Crippen molar-refractivity contribution in [1.82, 2.24) is 0 Å². The van der Waals surface area contributed by atoms with E-state index in [4.69, 9.17) is 5.11 Å². The zero-order chi connectivity index (χ0) is 8.20. The molecule has 0 spiro atoms. The van der Waals surface area contributed by atoms with Crippen molar-refractivity contribution >= 4 is 10.1 Å². The molecule has 0 aromatic carbocycles. The van der Waals surface area contributed by atoms with E-state index in [1.807, 2.05) is 0 Å². The summed E-state index contributed by atoms with van der Waals surface area (Å²) in [7, 11) is -3.48. The summed E-state index contributed by atoms with van der Waals surface area (Å²) < 4.78 is 25.8. The van der Waals surface area contributed by atoms with Crippen molar-refractivity contribution in [3.05, 3.63) is 0 Å². The van der Waals surface area contributed by atoms with E-state index in [9.17, 15) is 8.42 Å². The summed E-state index contributed by atoms with van der Waals surface area (Å²) in [6.45, 7) is 2.85. The molecule has 0 saturated carbocycles. The standard InChI is InChI=1S/C5H12O4S/c1-5(2)9-10(7,8)4-3-6/h5-6H,3-4H2,1-2H3. The lowest BCUT2D eigenvalue weighted by Crippen LogP contribution is -2.17. The molecule has 62 valence electrons. The topological polar surface area (TPSA) is 63.6 Å². The van der Waals surface area contributed by atoms with Crippen LogP contribution in [0.2, 0.25) is 0 Å². The molecule has 5 heteroatoms. The van der Waals surface area contributed by atoms with Gasteiger partial charge in [-0.15, -0.1) is 0 Å². The molecule has 10 heavy (non-hydrogen) atoms. The van der Waals surface area contributed by atoms with Crippen LogP contribution in [0.4, 0.5) is 0 Å².